The molecule has 1 fully saturated rings. The second-order valence-corrected chi connectivity index (χ2v) is 15.2. The Balaban J connectivity index is 2.32. The fraction of sp³-hybridized carbons (Fsp3) is 0.625. The van der Waals surface area contributed by atoms with Gasteiger partial charge in [-0.2, -0.15) is 13.2 Å². The van der Waals surface area contributed by atoms with Crippen molar-refractivity contribution in [3.05, 3.63) is 35.9 Å². The molecule has 2 rings (SSSR count). The van der Waals surface area contributed by atoms with Gasteiger partial charge in [0.1, 0.15) is 6.04 Å². The van der Waals surface area contributed by atoms with Gasteiger partial charge in [0, 0.05) is 24.4 Å². The molecule has 1 saturated heterocycles. The van der Waals surface area contributed by atoms with Gasteiger partial charge in [-0.1, -0.05) is 47.1 Å². The van der Waals surface area contributed by atoms with Gasteiger partial charge in [-0.25, -0.2) is 13.1 Å². The Morgan fingerprint density at radius 3 is 2.02 bits per heavy atom. The number of alkyl halides is 3. The molecule has 1 heterocycles. The summed E-state index contributed by atoms with van der Waals surface area (Å²) >= 11 is 0. The number of amides is 4. The molecular formula is C32H48F3N5O6S. The summed E-state index contributed by atoms with van der Waals surface area (Å²) in [5.41, 5.74) is -0.949. The van der Waals surface area contributed by atoms with Crippen molar-refractivity contribution in [3.63, 3.8) is 0 Å². The molecule has 0 bridgehead atoms. The first kappa shape index (κ1) is 39.7. The zero-order valence-corrected chi connectivity index (χ0v) is 29.3. The van der Waals surface area contributed by atoms with Crippen LogP contribution in [-0.2, 0) is 29.2 Å². The van der Waals surface area contributed by atoms with Crippen molar-refractivity contribution in [1.29, 1.82) is 0 Å². The van der Waals surface area contributed by atoms with Crippen molar-refractivity contribution >= 4 is 39.3 Å². The topological polar surface area (TPSA) is 145 Å². The number of piperidine rings is 1. The maximum atomic E-state index is 14.3. The number of hydrogen-bond donors (Lipinski definition) is 3. The zero-order valence-electron chi connectivity index (χ0n) is 28.5. The summed E-state index contributed by atoms with van der Waals surface area (Å²) in [4.78, 5) is 55.0. The van der Waals surface area contributed by atoms with E-state index < -0.39 is 56.4 Å². The molecule has 47 heavy (non-hydrogen) atoms. The first-order chi connectivity index (χ1) is 21.5. The molecule has 0 radical (unpaired) electrons. The third-order valence-electron chi connectivity index (χ3n) is 7.92. The van der Waals surface area contributed by atoms with Gasteiger partial charge in [-0.05, 0) is 75.8 Å². The van der Waals surface area contributed by atoms with E-state index >= 15 is 0 Å². The van der Waals surface area contributed by atoms with Crippen LogP contribution in [0.15, 0.2) is 40.8 Å². The third kappa shape index (κ3) is 10.5. The Labute approximate surface area is 275 Å². The summed E-state index contributed by atoms with van der Waals surface area (Å²) in [7, 11) is -2.86. The highest BCUT2D eigenvalue weighted by atomic mass is 32.2. The predicted molar refractivity (Wildman–Crippen MR) is 172 cm³/mol. The minimum absolute atomic E-state index is 0.00325. The number of carbonyl (C=O) groups excluding carboxylic acids is 4. The fourth-order valence-electron chi connectivity index (χ4n) is 5.43. The number of likely N-dealkylation sites (N-methyl/N-ethyl adjacent to an activating group) is 1. The van der Waals surface area contributed by atoms with Crippen LogP contribution in [0, 0.1) is 11.3 Å². The van der Waals surface area contributed by atoms with Gasteiger partial charge in [0.15, 0.2) is 0 Å². The number of carbonyl (C=O) groups is 4. The molecular weight excluding hydrogens is 639 g/mol. The number of hydrogen-bond acceptors (Lipinski definition) is 7. The number of nitrogens with one attached hydrogen (secondary N) is 3. The number of anilines is 1. The molecule has 4 amide bonds. The molecule has 0 saturated carbocycles. The maximum absolute atomic E-state index is 14.3. The lowest BCUT2D eigenvalue weighted by Crippen LogP contribution is -2.63. The van der Waals surface area contributed by atoms with E-state index in [0.29, 0.717) is 6.42 Å². The van der Waals surface area contributed by atoms with Crippen LogP contribution in [0.5, 0.6) is 0 Å². The van der Waals surface area contributed by atoms with Gasteiger partial charge >= 0.3 is 12.1 Å². The molecule has 3 atom stereocenters. The average Bonchev–Trinajstić information content (AvgIpc) is 2.96. The molecule has 3 N–H and O–H groups in total. The van der Waals surface area contributed by atoms with Crippen molar-refractivity contribution in [2.45, 2.75) is 110 Å². The highest BCUT2D eigenvalue weighted by Crippen LogP contribution is 2.31. The lowest BCUT2D eigenvalue weighted by molar-refractivity contribution is -0.167. The van der Waals surface area contributed by atoms with Crippen molar-refractivity contribution in [3.8, 4) is 0 Å². The first-order valence-corrected chi connectivity index (χ1v) is 17.0. The van der Waals surface area contributed by atoms with Gasteiger partial charge in [0.05, 0.1) is 17.0 Å². The van der Waals surface area contributed by atoms with Crippen LogP contribution in [0.4, 0.5) is 18.9 Å². The van der Waals surface area contributed by atoms with E-state index in [1.807, 2.05) is 53.2 Å². The van der Waals surface area contributed by atoms with Gasteiger partial charge in [-0.3, -0.25) is 19.2 Å². The molecule has 15 heteroatoms. The summed E-state index contributed by atoms with van der Waals surface area (Å²) in [6, 6.07) is 1.64. The van der Waals surface area contributed by atoms with Crippen LogP contribution < -0.4 is 15.4 Å². The van der Waals surface area contributed by atoms with E-state index in [-0.39, 0.29) is 35.0 Å². The van der Waals surface area contributed by atoms with Crippen molar-refractivity contribution in [2.75, 3.05) is 18.9 Å². The smallest absolute Gasteiger partial charge is 0.337 e. The summed E-state index contributed by atoms with van der Waals surface area (Å²) in [6.07, 6.45) is -1.07. The van der Waals surface area contributed by atoms with Crippen molar-refractivity contribution < 1.29 is 40.8 Å². The molecule has 264 valence electrons. The lowest BCUT2D eigenvalue weighted by Gasteiger charge is -2.46. The number of nitrogens with zero attached hydrogens (tertiary/aromatic N) is 2. The fourth-order valence-corrected chi connectivity index (χ4v) is 6.45. The Morgan fingerprint density at radius 1 is 1.00 bits per heavy atom. The van der Waals surface area contributed by atoms with Crippen LogP contribution in [0.3, 0.4) is 0 Å². The van der Waals surface area contributed by atoms with Gasteiger partial charge in [0.25, 0.3) is 15.9 Å². The predicted octanol–water partition coefficient (Wildman–Crippen LogP) is 4.22. The monoisotopic (exact) mass is 687 g/mol. The lowest BCUT2D eigenvalue weighted by atomic mass is 9.82. The minimum atomic E-state index is -5.12. The molecule has 1 aromatic rings. The molecule has 0 spiro atoms. The van der Waals surface area contributed by atoms with Crippen LogP contribution >= 0.6 is 0 Å². The summed E-state index contributed by atoms with van der Waals surface area (Å²) in [5, 5.41) is 4.89. The number of benzene rings is 1. The summed E-state index contributed by atoms with van der Waals surface area (Å²) in [6.45, 7) is 15.2. The molecule has 1 aliphatic rings. The highest BCUT2D eigenvalue weighted by molar-refractivity contribution is 7.90. The van der Waals surface area contributed by atoms with E-state index in [4.69, 9.17) is 0 Å². The van der Waals surface area contributed by atoms with E-state index in [1.54, 1.807) is 17.3 Å². The van der Waals surface area contributed by atoms with Crippen LogP contribution in [-0.4, -0.2) is 85.8 Å². The second-order valence-electron chi connectivity index (χ2n) is 13.6. The van der Waals surface area contributed by atoms with Crippen molar-refractivity contribution in [2.24, 2.45) is 11.3 Å². The van der Waals surface area contributed by atoms with E-state index in [9.17, 15) is 40.8 Å². The van der Waals surface area contributed by atoms with Crippen LogP contribution in [0.1, 0.15) is 74.7 Å². The standard InChI is InChI=1S/C32H48F3N5O6S/c1-19(2)25(39(9)29(43)26(31(6,7)8)40(20(3)4)28(42)24-12-10-11-17-36-24)18-21(5)27(41)38-47(45,46)23-15-13-22(14-16-23)37-30(44)32(33,34)35/h13-16,18-20,24-26,36H,10-12,17H2,1-9H3,(H,37,44)(H,38,41)/b21-18+/t24-,25-,26-/m1/s1. The van der Waals surface area contributed by atoms with E-state index in [1.165, 1.54) is 17.9 Å². The van der Waals surface area contributed by atoms with Gasteiger partial charge < -0.3 is 20.4 Å². The highest BCUT2D eigenvalue weighted by Gasteiger charge is 2.44. The summed E-state index contributed by atoms with van der Waals surface area (Å²) in [5.74, 6) is -3.88. The molecule has 0 aromatic heterocycles. The van der Waals surface area contributed by atoms with Crippen LogP contribution in [0.2, 0.25) is 0 Å². The SMILES string of the molecule is C/C(=C\[C@H](C(C)C)N(C)C(=O)[C@@H](N(C(=O)[C@H]1CCCCN1)C(C)C)C(C)(C)C)C(=O)NS(=O)(=O)c1ccc(NC(=O)C(F)(F)F)cc1. The number of halogens is 3. The molecule has 1 aliphatic heterocycles. The normalized spacial score (nSPS) is 17.6. The van der Waals surface area contributed by atoms with E-state index in [0.717, 1.165) is 43.7 Å². The molecule has 0 aliphatic carbocycles. The molecule has 0 unspecified atom stereocenters. The zero-order chi connectivity index (χ0) is 36.1. The quantitative estimate of drug-likeness (QED) is 0.296. The maximum Gasteiger partial charge on any atom is 0.471 e. The number of sulfonamides is 1. The van der Waals surface area contributed by atoms with Gasteiger partial charge in [-0.15, -0.1) is 0 Å². The minimum Gasteiger partial charge on any atom is -0.337 e. The molecule has 11 nitrogen and oxygen atoms in total. The average molecular weight is 688 g/mol. The Bertz CT molecular complexity index is 1430. The Hall–Kier alpha value is -3.46. The first-order valence-electron chi connectivity index (χ1n) is 15.5. The third-order valence-corrected chi connectivity index (χ3v) is 9.26. The largest absolute Gasteiger partial charge is 0.471 e. The number of rotatable bonds is 11. The Morgan fingerprint density at radius 2 is 1.57 bits per heavy atom. The van der Waals surface area contributed by atoms with Gasteiger partial charge in [0.2, 0.25) is 11.8 Å². The second kappa shape index (κ2) is 15.6. The Kier molecular flexibility index (Phi) is 13.2. The van der Waals surface area contributed by atoms with E-state index in [2.05, 4.69) is 5.32 Å². The van der Waals surface area contributed by atoms with Crippen molar-refractivity contribution in [1.82, 2.24) is 19.8 Å². The summed E-state index contributed by atoms with van der Waals surface area (Å²) < 4.78 is 65.3. The van der Waals surface area contributed by atoms with Crippen LogP contribution in [0.25, 0.3) is 0 Å². The molecule has 1 aromatic carbocycles.